The summed E-state index contributed by atoms with van der Waals surface area (Å²) in [4.78, 5) is 0. The van der Waals surface area contributed by atoms with Crippen LogP contribution in [-0.4, -0.2) is 29.6 Å². The Morgan fingerprint density at radius 2 is 0.500 bits per heavy atom. The molecular formula is H5F4NaSm. The van der Waals surface area contributed by atoms with Crippen molar-refractivity contribution in [2.45, 2.75) is 0 Å². The predicted octanol–water partition coefficient (Wildman–Crippen LogP) is -0.0385. The van der Waals surface area contributed by atoms with Gasteiger partial charge in [0.1, 0.15) is 0 Å². The molecular weight excluding hydrogens is 249 g/mol. The van der Waals surface area contributed by atoms with Crippen LogP contribution in [-0.2, 0) is 0 Å². The summed E-state index contributed by atoms with van der Waals surface area (Å²) in [7, 11) is 0. The Bertz CT molecular complexity index is 7.51. The molecule has 0 spiro atoms. The van der Waals surface area contributed by atoms with Crippen LogP contribution in [0.2, 0.25) is 0 Å². The Morgan fingerprint density at radius 1 is 0.500 bits per heavy atom. The maximum Gasteiger partial charge on any atom is 0 e. The molecule has 0 nitrogen and oxygen atoms in total. The molecule has 0 heterocycles. The smallest absolute Gasteiger partial charge is 0 e. The van der Waals surface area contributed by atoms with E-state index in [1.54, 1.807) is 0 Å². The largest absolute Gasteiger partial charge is 0 e. The standard InChI is InChI=1S/4FH.Na.Sm.H/h4*1H;;;. The van der Waals surface area contributed by atoms with Gasteiger partial charge in [0.15, 0.2) is 0 Å². The summed E-state index contributed by atoms with van der Waals surface area (Å²) in [5.74, 6) is 0. The molecule has 0 saturated carbocycles. The minimum atomic E-state index is 0. The van der Waals surface area contributed by atoms with Crippen molar-refractivity contribution in [1.29, 1.82) is 0 Å². The summed E-state index contributed by atoms with van der Waals surface area (Å²) in [6.45, 7) is 0. The van der Waals surface area contributed by atoms with E-state index in [-0.39, 0.29) is 88.8 Å². The summed E-state index contributed by atoms with van der Waals surface area (Å²) < 4.78 is 0. The molecule has 0 amide bonds. The van der Waals surface area contributed by atoms with Crippen LogP contribution in [0.1, 0.15) is 0 Å². The number of halogens is 4. The average Bonchev–Trinajstić information content (AvgIpc) is 0. The molecule has 0 rings (SSSR count). The Morgan fingerprint density at radius 3 is 0.500 bits per heavy atom. The van der Waals surface area contributed by atoms with Gasteiger partial charge in [-0.2, -0.15) is 0 Å². The summed E-state index contributed by atoms with van der Waals surface area (Å²) in [5.41, 5.74) is 0. The van der Waals surface area contributed by atoms with Crippen molar-refractivity contribution in [2.24, 2.45) is 0 Å². The second kappa shape index (κ2) is 61.2. The third-order valence-electron chi connectivity index (χ3n) is 0. The van der Waals surface area contributed by atoms with Gasteiger partial charge in [0.05, 0.1) is 0 Å². The van der Waals surface area contributed by atoms with Crippen LogP contribution >= 0.6 is 0 Å². The van der Waals surface area contributed by atoms with Crippen LogP contribution in [0.5, 0.6) is 0 Å². The van der Waals surface area contributed by atoms with Gasteiger partial charge < -0.3 is 0 Å². The molecule has 0 saturated heterocycles. The van der Waals surface area contributed by atoms with Gasteiger partial charge in [0, 0.05) is 40.4 Å². The fourth-order valence-electron chi connectivity index (χ4n) is 0. The summed E-state index contributed by atoms with van der Waals surface area (Å²) in [6.07, 6.45) is 0. The summed E-state index contributed by atoms with van der Waals surface area (Å²) in [6, 6.07) is 0. The first-order valence-electron chi connectivity index (χ1n) is 0. The van der Waals surface area contributed by atoms with Gasteiger partial charge in [-0.15, -0.1) is 0 Å². The third kappa shape index (κ3) is 36.6. The van der Waals surface area contributed by atoms with Crippen LogP contribution in [0, 0.1) is 40.4 Å². The first-order valence-corrected chi connectivity index (χ1v) is 0. The molecule has 0 bridgehead atoms. The monoisotopic (exact) mass is 256 g/mol. The van der Waals surface area contributed by atoms with Crippen molar-refractivity contribution >= 4 is 29.6 Å². The second-order valence-corrected chi connectivity index (χ2v) is 0. The maximum absolute atomic E-state index is 0. The topological polar surface area (TPSA) is 0 Å². The average molecular weight is 254 g/mol. The Balaban J connectivity index is 0. The van der Waals surface area contributed by atoms with Crippen molar-refractivity contribution in [2.75, 3.05) is 0 Å². The molecule has 40 valence electrons. The van der Waals surface area contributed by atoms with Crippen molar-refractivity contribution < 1.29 is 59.2 Å². The third-order valence-corrected chi connectivity index (χ3v) is 0. The molecule has 0 aliphatic heterocycles. The van der Waals surface area contributed by atoms with Gasteiger partial charge in [-0.1, -0.05) is 0 Å². The van der Waals surface area contributed by atoms with E-state index < -0.39 is 0 Å². The maximum atomic E-state index is 0. The van der Waals surface area contributed by atoms with Crippen molar-refractivity contribution in [1.82, 2.24) is 0 Å². The second-order valence-electron chi connectivity index (χ2n) is 0. The van der Waals surface area contributed by atoms with Crippen molar-refractivity contribution in [3.63, 3.8) is 0 Å². The molecule has 6 heteroatoms. The van der Waals surface area contributed by atoms with Crippen molar-refractivity contribution in [3.8, 4) is 0 Å². The molecule has 0 atom stereocenters. The molecule has 0 aromatic heterocycles. The quantitative estimate of drug-likeness (QED) is 0.420. The molecule has 0 aromatic rings. The van der Waals surface area contributed by atoms with E-state index in [4.69, 9.17) is 0 Å². The molecule has 0 unspecified atom stereocenters. The fourth-order valence-corrected chi connectivity index (χ4v) is 0. The Kier molecular flexibility index (Phi) is 966. The zero-order valence-electron chi connectivity index (χ0n) is 2.04. The zero-order chi connectivity index (χ0) is 0. The van der Waals surface area contributed by atoms with Crippen LogP contribution in [0.4, 0.5) is 18.8 Å². The summed E-state index contributed by atoms with van der Waals surface area (Å²) >= 11 is 0. The minimum absolute atomic E-state index is 0. The van der Waals surface area contributed by atoms with Gasteiger partial charge in [0.25, 0.3) is 0 Å². The molecule has 0 aliphatic carbocycles. The molecule has 0 fully saturated rings. The molecule has 0 radical (unpaired) electrons. The normalized spacial score (nSPS) is 0. The van der Waals surface area contributed by atoms with Gasteiger partial charge in [0.2, 0.25) is 0 Å². The zero-order valence-corrected chi connectivity index (χ0v) is 4.66. The number of hydrogen-bond acceptors (Lipinski definition) is 0. The van der Waals surface area contributed by atoms with Crippen LogP contribution in [0.25, 0.3) is 0 Å². The first-order chi connectivity index (χ1) is 0. The number of rotatable bonds is 0. The van der Waals surface area contributed by atoms with Crippen LogP contribution < -0.4 is 0 Å². The Labute approximate surface area is 87.3 Å². The molecule has 0 aliphatic rings. The molecule has 6 heavy (non-hydrogen) atoms. The van der Waals surface area contributed by atoms with E-state index in [0.717, 1.165) is 0 Å². The van der Waals surface area contributed by atoms with E-state index in [2.05, 4.69) is 0 Å². The fraction of sp³-hybridized carbons (Fsp3) is 0. The van der Waals surface area contributed by atoms with Crippen LogP contribution in [0.15, 0.2) is 0 Å². The SMILES string of the molecule is F.F.F.F.[NaH].[Sm]. The van der Waals surface area contributed by atoms with Gasteiger partial charge in [-0.05, 0) is 0 Å². The summed E-state index contributed by atoms with van der Waals surface area (Å²) in [5, 5.41) is 0. The van der Waals surface area contributed by atoms with E-state index in [1.165, 1.54) is 0 Å². The van der Waals surface area contributed by atoms with Gasteiger partial charge >= 0.3 is 29.6 Å². The predicted molar refractivity (Wildman–Crippen MR) is 17.2 cm³/mol. The first kappa shape index (κ1) is 94.8. The Hall–Kier alpha value is 2.06. The molecule has 0 N–H and O–H groups in total. The molecule has 0 aromatic carbocycles. The van der Waals surface area contributed by atoms with E-state index in [0.29, 0.717) is 0 Å². The van der Waals surface area contributed by atoms with E-state index in [1.807, 2.05) is 0 Å². The van der Waals surface area contributed by atoms with Crippen LogP contribution in [0.3, 0.4) is 0 Å². The minimum Gasteiger partial charge on any atom is 0 e. The van der Waals surface area contributed by atoms with E-state index >= 15 is 0 Å². The van der Waals surface area contributed by atoms with Gasteiger partial charge in [-0.25, -0.2) is 0 Å². The van der Waals surface area contributed by atoms with E-state index in [9.17, 15) is 0 Å². The number of hydrogen-bond donors (Lipinski definition) is 0. The van der Waals surface area contributed by atoms with Crippen molar-refractivity contribution in [3.05, 3.63) is 0 Å². The van der Waals surface area contributed by atoms with Gasteiger partial charge in [-0.3, -0.25) is 18.8 Å².